The molecule has 0 unspecified atom stereocenters. The van der Waals surface area contributed by atoms with Crippen molar-refractivity contribution in [2.24, 2.45) is 0 Å². The molecule has 0 bridgehead atoms. The predicted molar refractivity (Wildman–Crippen MR) is 65.5 cm³/mol. The highest BCUT2D eigenvalue weighted by Gasteiger charge is 2.02. The average molecular weight is 213 g/mol. The molecule has 82 valence electrons. The van der Waals surface area contributed by atoms with Gasteiger partial charge in [0.15, 0.2) is 0 Å². The van der Waals surface area contributed by atoms with Crippen LogP contribution in [0.4, 0.5) is 0 Å². The fourth-order valence-corrected chi connectivity index (χ4v) is 1.77. The highest BCUT2D eigenvalue weighted by Crippen LogP contribution is 2.22. The summed E-state index contributed by atoms with van der Waals surface area (Å²) in [5, 5.41) is 9.19. The molecule has 1 aromatic heterocycles. The molecule has 2 nitrogen and oxygen atoms in total. The van der Waals surface area contributed by atoms with Crippen molar-refractivity contribution < 1.29 is 5.11 Å². The van der Waals surface area contributed by atoms with E-state index in [-0.39, 0.29) is 5.75 Å². The van der Waals surface area contributed by atoms with Gasteiger partial charge in [-0.1, -0.05) is 19.1 Å². The van der Waals surface area contributed by atoms with Gasteiger partial charge in [0.25, 0.3) is 0 Å². The maximum atomic E-state index is 9.19. The van der Waals surface area contributed by atoms with Gasteiger partial charge < -0.3 is 5.11 Å². The minimum Gasteiger partial charge on any atom is -0.506 e. The second-order valence-electron chi connectivity index (χ2n) is 3.90. The monoisotopic (exact) mass is 213 g/mol. The third-order valence-corrected chi connectivity index (χ3v) is 2.77. The molecule has 2 heteroatoms. The van der Waals surface area contributed by atoms with Gasteiger partial charge in [0.2, 0.25) is 0 Å². The van der Waals surface area contributed by atoms with Crippen LogP contribution in [0.15, 0.2) is 36.5 Å². The maximum absolute atomic E-state index is 9.19. The smallest absolute Gasteiger partial charge is 0.133 e. The number of nitrogens with zero attached hydrogens (tertiary/aromatic N) is 1. The molecular weight excluding hydrogens is 198 g/mol. The van der Waals surface area contributed by atoms with E-state index < -0.39 is 0 Å². The summed E-state index contributed by atoms with van der Waals surface area (Å²) in [6, 6.07) is 9.83. The largest absolute Gasteiger partial charge is 0.506 e. The first kappa shape index (κ1) is 10.7. The maximum Gasteiger partial charge on any atom is 0.133 e. The number of aryl methyl sites for hydroxylation is 2. The predicted octanol–water partition coefficient (Wildman–Crippen LogP) is 3.33. The van der Waals surface area contributed by atoms with Crippen molar-refractivity contribution in [1.29, 1.82) is 0 Å². The molecule has 0 atom stereocenters. The van der Waals surface area contributed by atoms with Gasteiger partial charge in [-0.25, -0.2) is 0 Å². The van der Waals surface area contributed by atoms with E-state index in [0.29, 0.717) is 0 Å². The number of hydrogen-bond acceptors (Lipinski definition) is 2. The van der Waals surface area contributed by atoms with Crippen molar-refractivity contribution in [3.05, 3.63) is 47.7 Å². The third kappa shape index (κ3) is 2.06. The second-order valence-corrected chi connectivity index (χ2v) is 3.90. The molecular formula is C14H15NO. The molecule has 0 amide bonds. The molecule has 1 N–H and O–H groups in total. The average Bonchev–Trinajstić information content (AvgIpc) is 2.31. The molecule has 2 rings (SSSR count). The molecule has 2 aromatic rings. The first-order valence-electron chi connectivity index (χ1n) is 5.45. The minimum atomic E-state index is 0.201. The second kappa shape index (κ2) is 4.35. The fourth-order valence-electron chi connectivity index (χ4n) is 1.77. The zero-order valence-electron chi connectivity index (χ0n) is 9.57. The van der Waals surface area contributed by atoms with Crippen LogP contribution in [0.5, 0.6) is 5.75 Å². The van der Waals surface area contributed by atoms with Crippen molar-refractivity contribution in [2.75, 3.05) is 0 Å². The van der Waals surface area contributed by atoms with Crippen LogP contribution in [0.3, 0.4) is 0 Å². The lowest BCUT2D eigenvalue weighted by Crippen LogP contribution is -1.89. The lowest BCUT2D eigenvalue weighted by Gasteiger charge is -2.06. The molecule has 0 aliphatic rings. The van der Waals surface area contributed by atoms with Crippen LogP contribution in [0.25, 0.3) is 11.3 Å². The first-order valence-corrected chi connectivity index (χ1v) is 5.45. The minimum absolute atomic E-state index is 0.201. The molecule has 0 saturated carbocycles. The molecule has 0 radical (unpaired) electrons. The number of pyridine rings is 1. The summed E-state index contributed by atoms with van der Waals surface area (Å²) in [7, 11) is 0. The van der Waals surface area contributed by atoms with Crippen LogP contribution in [0, 0.1) is 6.92 Å². The van der Waals surface area contributed by atoms with Gasteiger partial charge in [-0.2, -0.15) is 0 Å². The standard InChI is InChI=1S/C14H15NO/c1-3-11-8-12(5-4-10(11)2)14-7-6-13(16)9-15-14/h4-9,16H,3H2,1-2H3. The normalized spacial score (nSPS) is 10.4. The van der Waals surface area contributed by atoms with E-state index in [1.807, 2.05) is 6.07 Å². The topological polar surface area (TPSA) is 33.1 Å². The van der Waals surface area contributed by atoms with Crippen LogP contribution in [-0.4, -0.2) is 10.1 Å². The summed E-state index contributed by atoms with van der Waals surface area (Å²) >= 11 is 0. The van der Waals surface area contributed by atoms with Gasteiger partial charge in [0, 0.05) is 5.56 Å². The SMILES string of the molecule is CCc1cc(-c2ccc(O)cn2)ccc1C. The van der Waals surface area contributed by atoms with Crippen LogP contribution in [0.2, 0.25) is 0 Å². The number of rotatable bonds is 2. The van der Waals surface area contributed by atoms with Crippen LogP contribution >= 0.6 is 0 Å². The van der Waals surface area contributed by atoms with E-state index in [0.717, 1.165) is 17.7 Å². The molecule has 1 heterocycles. The fraction of sp³-hybridized carbons (Fsp3) is 0.214. The Morgan fingerprint density at radius 3 is 2.62 bits per heavy atom. The molecule has 0 aliphatic carbocycles. The molecule has 0 saturated heterocycles. The summed E-state index contributed by atoms with van der Waals surface area (Å²) in [6.07, 6.45) is 2.50. The van der Waals surface area contributed by atoms with Crippen molar-refractivity contribution in [3.8, 4) is 17.0 Å². The number of benzene rings is 1. The van der Waals surface area contributed by atoms with Crippen LogP contribution in [0.1, 0.15) is 18.1 Å². The number of aromatic hydroxyl groups is 1. The summed E-state index contributed by atoms with van der Waals surface area (Å²) in [5.41, 5.74) is 4.65. The number of aromatic nitrogens is 1. The Balaban J connectivity index is 2.44. The van der Waals surface area contributed by atoms with Crippen molar-refractivity contribution in [2.45, 2.75) is 20.3 Å². The Morgan fingerprint density at radius 2 is 2.00 bits per heavy atom. The van der Waals surface area contributed by atoms with E-state index >= 15 is 0 Å². The van der Waals surface area contributed by atoms with Gasteiger partial charge in [0.1, 0.15) is 5.75 Å². The summed E-state index contributed by atoms with van der Waals surface area (Å²) in [6.45, 7) is 4.27. The van der Waals surface area contributed by atoms with Gasteiger partial charge in [-0.15, -0.1) is 0 Å². The number of hydrogen-bond donors (Lipinski definition) is 1. The van der Waals surface area contributed by atoms with Gasteiger partial charge in [-0.05, 0) is 42.7 Å². The Hall–Kier alpha value is -1.83. The van der Waals surface area contributed by atoms with Crippen molar-refractivity contribution >= 4 is 0 Å². The Labute approximate surface area is 95.6 Å². The van der Waals surface area contributed by atoms with E-state index in [2.05, 4.69) is 37.0 Å². The highest BCUT2D eigenvalue weighted by molar-refractivity contribution is 5.61. The molecule has 1 aromatic carbocycles. The van der Waals surface area contributed by atoms with Gasteiger partial charge in [-0.3, -0.25) is 4.98 Å². The quantitative estimate of drug-likeness (QED) is 0.830. The Kier molecular flexibility index (Phi) is 2.91. The van der Waals surface area contributed by atoms with Gasteiger partial charge >= 0.3 is 0 Å². The Bertz CT molecular complexity index is 489. The highest BCUT2D eigenvalue weighted by atomic mass is 16.3. The summed E-state index contributed by atoms with van der Waals surface area (Å²) < 4.78 is 0. The van der Waals surface area contributed by atoms with Crippen LogP contribution < -0.4 is 0 Å². The van der Waals surface area contributed by atoms with E-state index in [9.17, 15) is 5.11 Å². The third-order valence-electron chi connectivity index (χ3n) is 2.77. The zero-order valence-corrected chi connectivity index (χ0v) is 9.57. The first-order chi connectivity index (χ1) is 7.70. The van der Waals surface area contributed by atoms with E-state index in [4.69, 9.17) is 0 Å². The molecule has 0 aliphatic heterocycles. The lowest BCUT2D eigenvalue weighted by molar-refractivity contribution is 0.473. The van der Waals surface area contributed by atoms with Crippen LogP contribution in [-0.2, 0) is 6.42 Å². The molecule has 0 spiro atoms. The van der Waals surface area contributed by atoms with Crippen molar-refractivity contribution in [3.63, 3.8) is 0 Å². The summed E-state index contributed by atoms with van der Waals surface area (Å²) in [5.74, 6) is 0.201. The molecule has 0 fully saturated rings. The van der Waals surface area contributed by atoms with Crippen molar-refractivity contribution in [1.82, 2.24) is 4.98 Å². The van der Waals surface area contributed by atoms with Gasteiger partial charge in [0.05, 0.1) is 11.9 Å². The lowest BCUT2D eigenvalue weighted by atomic mass is 10.0. The summed E-state index contributed by atoms with van der Waals surface area (Å²) in [4.78, 5) is 4.20. The molecule has 16 heavy (non-hydrogen) atoms. The van der Waals surface area contributed by atoms with E-state index in [1.54, 1.807) is 6.07 Å². The zero-order chi connectivity index (χ0) is 11.5. The van der Waals surface area contributed by atoms with E-state index in [1.165, 1.54) is 17.3 Å². The Morgan fingerprint density at radius 1 is 1.19 bits per heavy atom.